The van der Waals surface area contributed by atoms with E-state index in [-0.39, 0.29) is 29.4 Å². The molecule has 1 aliphatic rings. The van der Waals surface area contributed by atoms with E-state index >= 15 is 0 Å². The summed E-state index contributed by atoms with van der Waals surface area (Å²) < 4.78 is 10.0. The van der Waals surface area contributed by atoms with Crippen molar-refractivity contribution in [1.82, 2.24) is 4.90 Å². The van der Waals surface area contributed by atoms with Crippen molar-refractivity contribution < 1.29 is 23.2 Å². The van der Waals surface area contributed by atoms with E-state index in [4.69, 9.17) is 8.83 Å². The van der Waals surface area contributed by atoms with Gasteiger partial charge in [-0.1, -0.05) is 0 Å². The van der Waals surface area contributed by atoms with E-state index in [1.165, 1.54) is 18.8 Å². The predicted octanol–water partition coefficient (Wildman–Crippen LogP) is 3.62. The van der Waals surface area contributed by atoms with Crippen molar-refractivity contribution in [2.75, 3.05) is 23.7 Å². The van der Waals surface area contributed by atoms with E-state index in [1.54, 1.807) is 47.4 Å². The fourth-order valence-corrected chi connectivity index (χ4v) is 3.40. The molecule has 1 saturated heterocycles. The van der Waals surface area contributed by atoms with E-state index in [0.717, 1.165) is 0 Å². The van der Waals surface area contributed by atoms with Gasteiger partial charge >= 0.3 is 0 Å². The summed E-state index contributed by atoms with van der Waals surface area (Å²) in [6.07, 6.45) is 5.55. The molecule has 2 N–H and O–H groups in total. The Labute approximate surface area is 172 Å². The minimum absolute atomic E-state index is 0.0715. The third-order valence-electron chi connectivity index (χ3n) is 5.08. The maximum atomic E-state index is 12.6. The maximum Gasteiger partial charge on any atom is 0.291 e. The zero-order valence-corrected chi connectivity index (χ0v) is 16.2. The monoisotopic (exact) mass is 407 g/mol. The van der Waals surface area contributed by atoms with Crippen LogP contribution in [0.4, 0.5) is 11.4 Å². The quantitative estimate of drug-likeness (QED) is 0.672. The molecule has 2 aromatic heterocycles. The summed E-state index contributed by atoms with van der Waals surface area (Å²) in [4.78, 5) is 38.6. The topological polar surface area (TPSA) is 105 Å². The van der Waals surface area contributed by atoms with Crippen LogP contribution >= 0.6 is 0 Å². The summed E-state index contributed by atoms with van der Waals surface area (Å²) in [6.45, 7) is 1.06. The van der Waals surface area contributed by atoms with Crippen LogP contribution in [0.1, 0.15) is 33.8 Å². The Balaban J connectivity index is 1.27. The lowest BCUT2D eigenvalue weighted by molar-refractivity contribution is -0.121. The fraction of sp³-hybridized carbons (Fsp3) is 0.227. The van der Waals surface area contributed by atoms with Gasteiger partial charge in [-0.3, -0.25) is 14.4 Å². The molecule has 8 heteroatoms. The lowest BCUT2D eigenvalue weighted by atomic mass is 9.95. The zero-order valence-electron chi connectivity index (χ0n) is 16.2. The van der Waals surface area contributed by atoms with Crippen molar-refractivity contribution in [2.45, 2.75) is 12.8 Å². The number of hydrogen-bond acceptors (Lipinski definition) is 5. The molecule has 1 aromatic carbocycles. The second-order valence-corrected chi connectivity index (χ2v) is 7.08. The van der Waals surface area contributed by atoms with Crippen LogP contribution in [0.5, 0.6) is 0 Å². The van der Waals surface area contributed by atoms with E-state index in [1.807, 2.05) is 0 Å². The summed E-state index contributed by atoms with van der Waals surface area (Å²) in [6, 6.07) is 11.7. The summed E-state index contributed by atoms with van der Waals surface area (Å²) in [5.74, 6) is -0.414. The molecule has 0 spiro atoms. The van der Waals surface area contributed by atoms with Crippen LogP contribution in [0.2, 0.25) is 0 Å². The zero-order chi connectivity index (χ0) is 20.9. The molecular formula is C22H21N3O5. The van der Waals surface area contributed by atoms with Crippen LogP contribution in [0.3, 0.4) is 0 Å². The molecule has 3 heterocycles. The smallest absolute Gasteiger partial charge is 0.291 e. The number of carbonyl (C=O) groups is 3. The first-order valence-electron chi connectivity index (χ1n) is 9.67. The van der Waals surface area contributed by atoms with E-state index in [9.17, 15) is 14.4 Å². The largest absolute Gasteiger partial charge is 0.472 e. The highest BCUT2D eigenvalue weighted by Gasteiger charge is 2.28. The van der Waals surface area contributed by atoms with E-state index < -0.39 is 0 Å². The molecule has 4 rings (SSSR count). The Morgan fingerprint density at radius 1 is 0.900 bits per heavy atom. The van der Waals surface area contributed by atoms with Crippen molar-refractivity contribution in [3.05, 3.63) is 72.6 Å². The summed E-state index contributed by atoms with van der Waals surface area (Å²) in [5, 5.41) is 5.63. The first kappa shape index (κ1) is 19.5. The first-order chi connectivity index (χ1) is 14.6. The number of anilines is 2. The predicted molar refractivity (Wildman–Crippen MR) is 109 cm³/mol. The van der Waals surface area contributed by atoms with Gasteiger partial charge in [0.2, 0.25) is 5.91 Å². The van der Waals surface area contributed by atoms with Gasteiger partial charge in [-0.05, 0) is 55.3 Å². The van der Waals surface area contributed by atoms with Crippen molar-refractivity contribution in [3.8, 4) is 0 Å². The van der Waals surface area contributed by atoms with Crippen molar-refractivity contribution in [1.29, 1.82) is 0 Å². The highest BCUT2D eigenvalue weighted by Crippen LogP contribution is 2.22. The fourth-order valence-electron chi connectivity index (χ4n) is 3.40. The Morgan fingerprint density at radius 2 is 1.60 bits per heavy atom. The van der Waals surface area contributed by atoms with Crippen LogP contribution in [-0.4, -0.2) is 35.7 Å². The second-order valence-electron chi connectivity index (χ2n) is 7.08. The Hall–Kier alpha value is -3.81. The number of rotatable bonds is 5. The van der Waals surface area contributed by atoms with Gasteiger partial charge in [0.15, 0.2) is 5.76 Å². The molecule has 30 heavy (non-hydrogen) atoms. The number of nitrogens with one attached hydrogen (secondary N) is 2. The minimum Gasteiger partial charge on any atom is -0.472 e. The lowest BCUT2D eigenvalue weighted by Gasteiger charge is -2.31. The second kappa shape index (κ2) is 8.69. The molecule has 0 radical (unpaired) electrons. The summed E-state index contributed by atoms with van der Waals surface area (Å²) in [7, 11) is 0. The SMILES string of the molecule is O=C(Nc1ccc(NC(=O)C2CCN(C(=O)c3ccoc3)CC2)cc1)c1ccco1. The number of benzene rings is 1. The number of nitrogens with zero attached hydrogens (tertiary/aromatic N) is 1. The van der Waals surface area contributed by atoms with Crippen LogP contribution in [0, 0.1) is 5.92 Å². The molecule has 3 amide bonds. The Morgan fingerprint density at radius 3 is 2.20 bits per heavy atom. The number of amides is 3. The molecule has 1 aliphatic heterocycles. The number of carbonyl (C=O) groups excluding carboxylic acids is 3. The van der Waals surface area contributed by atoms with Crippen molar-refractivity contribution in [2.24, 2.45) is 5.92 Å². The Kier molecular flexibility index (Phi) is 5.65. The highest BCUT2D eigenvalue weighted by atomic mass is 16.3. The van der Waals surface area contributed by atoms with Gasteiger partial charge in [-0.15, -0.1) is 0 Å². The first-order valence-corrected chi connectivity index (χ1v) is 9.67. The lowest BCUT2D eigenvalue weighted by Crippen LogP contribution is -2.41. The molecule has 0 atom stereocenters. The van der Waals surface area contributed by atoms with Crippen molar-refractivity contribution >= 4 is 29.1 Å². The summed E-state index contributed by atoms with van der Waals surface area (Å²) in [5.41, 5.74) is 1.77. The molecule has 0 saturated carbocycles. The number of likely N-dealkylation sites (tertiary alicyclic amines) is 1. The average molecular weight is 407 g/mol. The summed E-state index contributed by atoms with van der Waals surface area (Å²) >= 11 is 0. The molecule has 0 bridgehead atoms. The van der Waals surface area contributed by atoms with Crippen LogP contribution < -0.4 is 10.6 Å². The van der Waals surface area contributed by atoms with Gasteiger partial charge in [0.25, 0.3) is 11.8 Å². The molecular weight excluding hydrogens is 386 g/mol. The normalized spacial score (nSPS) is 14.3. The molecule has 8 nitrogen and oxygen atoms in total. The van der Waals surface area contributed by atoms with Crippen molar-refractivity contribution in [3.63, 3.8) is 0 Å². The third-order valence-corrected chi connectivity index (χ3v) is 5.08. The molecule has 1 fully saturated rings. The molecule has 3 aromatic rings. The highest BCUT2D eigenvalue weighted by molar-refractivity contribution is 6.02. The van der Waals surface area contributed by atoms with Gasteiger partial charge in [0.1, 0.15) is 6.26 Å². The number of piperidine rings is 1. The minimum atomic E-state index is -0.339. The van der Waals surface area contributed by atoms with Crippen LogP contribution in [-0.2, 0) is 4.79 Å². The maximum absolute atomic E-state index is 12.6. The molecule has 0 aliphatic carbocycles. The van der Waals surface area contributed by atoms with E-state index in [0.29, 0.717) is 42.9 Å². The Bertz CT molecular complexity index is 1000. The number of furan rings is 2. The average Bonchev–Trinajstić information content (AvgIpc) is 3.49. The standard InChI is InChI=1S/C22H21N3O5/c26-20(15-7-10-25(11-8-15)22(28)16-9-13-29-14-16)23-17-3-5-18(6-4-17)24-21(27)19-2-1-12-30-19/h1-6,9,12-15H,7-8,10-11H2,(H,23,26)(H,24,27). The molecule has 154 valence electrons. The number of hydrogen-bond donors (Lipinski definition) is 2. The van der Waals surface area contributed by atoms with E-state index in [2.05, 4.69) is 10.6 Å². The van der Waals surface area contributed by atoms with Gasteiger partial charge in [0.05, 0.1) is 18.1 Å². The van der Waals surface area contributed by atoms with Gasteiger partial charge in [-0.2, -0.15) is 0 Å². The van der Waals surface area contributed by atoms with Crippen LogP contribution in [0.15, 0.2) is 70.1 Å². The molecule has 0 unspecified atom stereocenters. The van der Waals surface area contributed by atoms with Crippen LogP contribution in [0.25, 0.3) is 0 Å². The van der Waals surface area contributed by atoms with Gasteiger partial charge in [-0.25, -0.2) is 0 Å². The third kappa shape index (κ3) is 4.43. The van der Waals surface area contributed by atoms with Gasteiger partial charge < -0.3 is 24.4 Å². The van der Waals surface area contributed by atoms with Gasteiger partial charge in [0, 0.05) is 30.4 Å².